The first-order chi connectivity index (χ1) is 17.3. The van der Waals surface area contributed by atoms with E-state index < -0.39 is 24.8 Å². The fourth-order valence-electron chi connectivity index (χ4n) is 5.31. The van der Waals surface area contributed by atoms with Crippen molar-refractivity contribution in [3.63, 3.8) is 0 Å². The van der Waals surface area contributed by atoms with E-state index in [0.717, 1.165) is 19.3 Å². The molecule has 1 aliphatic rings. The number of anilines is 2. The number of benzene rings is 2. The summed E-state index contributed by atoms with van der Waals surface area (Å²) in [7, 11) is 0. The van der Waals surface area contributed by atoms with Gasteiger partial charge in [0.25, 0.3) is 5.91 Å². The summed E-state index contributed by atoms with van der Waals surface area (Å²) in [6.07, 6.45) is -1.95. The average Bonchev–Trinajstić information content (AvgIpc) is 3.13. The summed E-state index contributed by atoms with van der Waals surface area (Å²) in [6, 6.07) is 10.4. The monoisotopic (exact) mass is 518 g/mol. The molecular weight excluding hydrogens is 489 g/mol. The minimum atomic E-state index is -4.78. The number of imidazole rings is 1. The molecule has 0 radical (unpaired) electrons. The zero-order valence-electron chi connectivity index (χ0n) is 20.7. The van der Waals surface area contributed by atoms with Crippen molar-refractivity contribution in [2.45, 2.75) is 52.4 Å². The summed E-state index contributed by atoms with van der Waals surface area (Å²) in [6.45, 7) is 6.13. The fraction of sp³-hybridized carbons (Fsp3) is 0.423. The molecule has 1 aromatic heterocycles. The van der Waals surface area contributed by atoms with Crippen molar-refractivity contribution in [2.24, 2.45) is 11.3 Å². The van der Waals surface area contributed by atoms with Crippen molar-refractivity contribution in [1.82, 2.24) is 14.9 Å². The lowest BCUT2D eigenvalue weighted by Gasteiger charge is -2.40. The van der Waals surface area contributed by atoms with Crippen LogP contribution in [-0.4, -0.2) is 39.4 Å². The Morgan fingerprint density at radius 2 is 1.86 bits per heavy atom. The van der Waals surface area contributed by atoms with E-state index in [1.54, 1.807) is 18.2 Å². The van der Waals surface area contributed by atoms with E-state index in [1.807, 2.05) is 4.57 Å². The number of rotatable bonds is 7. The zero-order valence-corrected chi connectivity index (χ0v) is 20.7. The molecule has 1 saturated carbocycles. The van der Waals surface area contributed by atoms with Crippen LogP contribution in [0.1, 0.15) is 56.4 Å². The quantitative estimate of drug-likeness (QED) is 0.361. The Hall–Kier alpha value is -3.76. The molecule has 0 aliphatic heterocycles. The van der Waals surface area contributed by atoms with Crippen molar-refractivity contribution in [3.8, 4) is 5.75 Å². The van der Waals surface area contributed by atoms with Gasteiger partial charge in [-0.25, -0.2) is 4.98 Å². The molecule has 2 unspecified atom stereocenters. The molecule has 1 fully saturated rings. The van der Waals surface area contributed by atoms with Crippen LogP contribution in [0.3, 0.4) is 0 Å². The second kappa shape index (κ2) is 9.95. The number of carbonyl (C=O) groups excluding carboxylic acids is 1. The largest absolute Gasteiger partial charge is 0.573 e. The van der Waals surface area contributed by atoms with Gasteiger partial charge in [-0.05, 0) is 73.1 Å². The van der Waals surface area contributed by atoms with Crippen LogP contribution in [0.15, 0.2) is 42.5 Å². The highest BCUT2D eigenvalue weighted by molar-refractivity contribution is 5.99. The van der Waals surface area contributed by atoms with Crippen LogP contribution in [0.4, 0.5) is 24.8 Å². The molecule has 0 spiro atoms. The molecule has 0 saturated heterocycles. The lowest BCUT2D eigenvalue weighted by atomic mass is 9.70. The first kappa shape index (κ1) is 26.3. The molecule has 0 bridgehead atoms. The lowest BCUT2D eigenvalue weighted by molar-refractivity contribution is -0.274. The summed E-state index contributed by atoms with van der Waals surface area (Å²) in [5.74, 6) is -1.04. The molecule has 11 heteroatoms. The number of fused-ring (bicyclic) bond motifs is 1. The Morgan fingerprint density at radius 1 is 1.16 bits per heavy atom. The van der Waals surface area contributed by atoms with Crippen molar-refractivity contribution in [1.29, 1.82) is 0 Å². The van der Waals surface area contributed by atoms with Crippen LogP contribution in [-0.2, 0) is 4.79 Å². The number of hydrogen-bond acceptors (Lipinski definition) is 5. The van der Waals surface area contributed by atoms with Gasteiger partial charge in [0, 0.05) is 17.3 Å². The van der Waals surface area contributed by atoms with E-state index in [4.69, 9.17) is 10.1 Å². The van der Waals surface area contributed by atoms with Gasteiger partial charge in [-0.3, -0.25) is 9.59 Å². The SMILES string of the molecule is CC1CC(n2c(Nc3ccc(OC(F)(F)F)cc3)nc3ccc(C(=O)NCC(=O)O)cc32)CC(C)(C)C1. The number of halogens is 3. The second-order valence-electron chi connectivity index (χ2n) is 10.3. The van der Waals surface area contributed by atoms with Gasteiger partial charge >= 0.3 is 12.3 Å². The number of hydrogen-bond donors (Lipinski definition) is 3. The normalized spacial score (nSPS) is 19.4. The minimum Gasteiger partial charge on any atom is -0.480 e. The van der Waals surface area contributed by atoms with Crippen LogP contribution >= 0.6 is 0 Å². The molecule has 1 amide bonds. The molecule has 3 N–H and O–H groups in total. The predicted molar refractivity (Wildman–Crippen MR) is 132 cm³/mol. The van der Waals surface area contributed by atoms with Crippen LogP contribution < -0.4 is 15.4 Å². The number of carboxylic acid groups (broad SMARTS) is 1. The maximum Gasteiger partial charge on any atom is 0.573 e. The number of amides is 1. The second-order valence-corrected chi connectivity index (χ2v) is 10.3. The third-order valence-electron chi connectivity index (χ3n) is 6.42. The maximum absolute atomic E-state index is 12.6. The standard InChI is InChI=1S/C26H29F3N4O4/c1-15-10-18(13-25(2,3)12-15)33-21-11-16(23(36)30-14-22(34)35)4-9-20(21)32-24(33)31-17-5-7-19(8-6-17)37-26(27,28)29/h4-9,11,15,18H,10,12-14H2,1-3H3,(H,30,36)(H,31,32)(H,34,35). The summed E-state index contributed by atoms with van der Waals surface area (Å²) < 4.78 is 43.6. The molecule has 37 heavy (non-hydrogen) atoms. The number of alkyl halides is 3. The lowest BCUT2D eigenvalue weighted by Crippen LogP contribution is -2.30. The highest BCUT2D eigenvalue weighted by Crippen LogP contribution is 2.46. The average molecular weight is 519 g/mol. The zero-order chi connectivity index (χ0) is 27.0. The molecular formula is C26H29F3N4O4. The first-order valence-corrected chi connectivity index (χ1v) is 11.9. The predicted octanol–water partition coefficient (Wildman–Crippen LogP) is 5.88. The number of aliphatic carboxylic acids is 1. The van der Waals surface area contributed by atoms with E-state index >= 15 is 0 Å². The van der Waals surface area contributed by atoms with E-state index in [2.05, 4.69) is 36.1 Å². The van der Waals surface area contributed by atoms with Crippen molar-refractivity contribution >= 4 is 34.5 Å². The van der Waals surface area contributed by atoms with Crippen LogP contribution in [0.25, 0.3) is 11.0 Å². The minimum absolute atomic E-state index is 0.0522. The Labute approximate surface area is 211 Å². The van der Waals surface area contributed by atoms with Crippen molar-refractivity contribution in [3.05, 3.63) is 48.0 Å². The smallest absolute Gasteiger partial charge is 0.480 e. The van der Waals surface area contributed by atoms with E-state index in [1.165, 1.54) is 24.3 Å². The molecule has 198 valence electrons. The van der Waals surface area contributed by atoms with Gasteiger partial charge in [-0.1, -0.05) is 20.8 Å². The summed E-state index contributed by atoms with van der Waals surface area (Å²) >= 11 is 0. The number of nitrogens with one attached hydrogen (secondary N) is 2. The van der Waals surface area contributed by atoms with Crippen molar-refractivity contribution in [2.75, 3.05) is 11.9 Å². The van der Waals surface area contributed by atoms with Gasteiger partial charge in [0.2, 0.25) is 5.95 Å². The Balaban J connectivity index is 1.72. The molecule has 4 rings (SSSR count). The number of carbonyl (C=O) groups is 2. The van der Waals surface area contributed by atoms with Crippen LogP contribution in [0.5, 0.6) is 5.75 Å². The van der Waals surface area contributed by atoms with Gasteiger partial charge in [0.05, 0.1) is 11.0 Å². The van der Waals surface area contributed by atoms with Gasteiger partial charge in [-0.2, -0.15) is 0 Å². The van der Waals surface area contributed by atoms with Gasteiger partial charge < -0.3 is 25.0 Å². The number of aromatic nitrogens is 2. The maximum atomic E-state index is 12.6. The van der Waals surface area contributed by atoms with E-state index in [0.29, 0.717) is 34.2 Å². The number of carboxylic acids is 1. The highest BCUT2D eigenvalue weighted by Gasteiger charge is 2.35. The Morgan fingerprint density at radius 3 is 2.49 bits per heavy atom. The summed E-state index contributed by atoms with van der Waals surface area (Å²) in [5.41, 5.74) is 2.23. The molecule has 1 heterocycles. The molecule has 8 nitrogen and oxygen atoms in total. The molecule has 2 atom stereocenters. The molecule has 3 aromatic rings. The third kappa shape index (κ3) is 6.52. The van der Waals surface area contributed by atoms with Crippen LogP contribution in [0, 0.1) is 11.3 Å². The summed E-state index contributed by atoms with van der Waals surface area (Å²) in [5, 5.41) is 14.5. The highest BCUT2D eigenvalue weighted by atomic mass is 19.4. The van der Waals surface area contributed by atoms with Crippen LogP contribution in [0.2, 0.25) is 0 Å². The van der Waals surface area contributed by atoms with E-state index in [9.17, 15) is 22.8 Å². The Bertz CT molecular complexity index is 1300. The number of ether oxygens (including phenoxy) is 1. The molecule has 1 aliphatic carbocycles. The number of nitrogens with zero attached hydrogens (tertiary/aromatic N) is 2. The van der Waals surface area contributed by atoms with Gasteiger partial charge in [0.1, 0.15) is 12.3 Å². The molecule has 2 aromatic carbocycles. The fourth-order valence-corrected chi connectivity index (χ4v) is 5.31. The van der Waals surface area contributed by atoms with Gasteiger partial charge in [0.15, 0.2) is 0 Å². The Kier molecular flexibility index (Phi) is 7.07. The first-order valence-electron chi connectivity index (χ1n) is 11.9. The third-order valence-corrected chi connectivity index (χ3v) is 6.42. The van der Waals surface area contributed by atoms with E-state index in [-0.39, 0.29) is 17.2 Å². The van der Waals surface area contributed by atoms with Gasteiger partial charge in [-0.15, -0.1) is 13.2 Å². The topological polar surface area (TPSA) is 105 Å². The summed E-state index contributed by atoms with van der Waals surface area (Å²) in [4.78, 5) is 28.1. The van der Waals surface area contributed by atoms with Crippen molar-refractivity contribution < 1.29 is 32.6 Å².